The molecule has 0 spiro atoms. The summed E-state index contributed by atoms with van der Waals surface area (Å²) in [5.41, 5.74) is 8.43. The van der Waals surface area contributed by atoms with Gasteiger partial charge in [0.25, 0.3) is 0 Å². The van der Waals surface area contributed by atoms with Crippen LogP contribution in [-0.2, 0) is 10.3 Å². The van der Waals surface area contributed by atoms with Gasteiger partial charge in [-0.3, -0.25) is 4.79 Å². The average molecular weight is 273 g/mol. The Hall–Kier alpha value is -1.39. The van der Waals surface area contributed by atoms with Gasteiger partial charge in [0.15, 0.2) is 0 Å². The summed E-state index contributed by atoms with van der Waals surface area (Å²) in [6.07, 6.45) is 2.05. The van der Waals surface area contributed by atoms with Crippen LogP contribution in [0, 0.1) is 0 Å². The maximum absolute atomic E-state index is 12.7. The summed E-state index contributed by atoms with van der Waals surface area (Å²) in [6.45, 7) is 5.40. The summed E-state index contributed by atoms with van der Waals surface area (Å²) in [6, 6.07) is 8.18. The lowest BCUT2D eigenvalue weighted by molar-refractivity contribution is -0.133. The predicted octanol–water partition coefficient (Wildman–Crippen LogP) is 1.17. The van der Waals surface area contributed by atoms with Crippen molar-refractivity contribution in [2.75, 3.05) is 26.2 Å². The van der Waals surface area contributed by atoms with Gasteiger partial charge in [-0.2, -0.15) is 0 Å². The van der Waals surface area contributed by atoms with Crippen molar-refractivity contribution in [3.05, 3.63) is 35.4 Å². The smallest absolute Gasteiger partial charge is 0.229 e. The Labute approximate surface area is 120 Å². The monoisotopic (exact) mass is 273 g/mol. The number of amides is 1. The van der Waals surface area contributed by atoms with Gasteiger partial charge in [0.2, 0.25) is 5.91 Å². The lowest BCUT2D eigenvalue weighted by Crippen LogP contribution is -2.47. The number of hydrogen-bond acceptors (Lipinski definition) is 3. The Bertz CT molecular complexity index is 504. The van der Waals surface area contributed by atoms with E-state index in [2.05, 4.69) is 17.4 Å². The number of hydrogen-bond donors (Lipinski definition) is 2. The molecule has 108 valence electrons. The largest absolute Gasteiger partial charge is 0.340 e. The normalized spacial score (nSPS) is 22.4. The van der Waals surface area contributed by atoms with Crippen LogP contribution in [0.3, 0.4) is 0 Å². The first-order chi connectivity index (χ1) is 9.62. The topological polar surface area (TPSA) is 58.4 Å². The van der Waals surface area contributed by atoms with Crippen molar-refractivity contribution in [1.82, 2.24) is 10.2 Å². The van der Waals surface area contributed by atoms with Gasteiger partial charge in [-0.1, -0.05) is 24.3 Å². The van der Waals surface area contributed by atoms with Crippen molar-refractivity contribution in [2.24, 2.45) is 5.73 Å². The van der Waals surface area contributed by atoms with Gasteiger partial charge in [-0.15, -0.1) is 0 Å². The first kappa shape index (κ1) is 13.6. The SMILES string of the molecule is CC(C(=O)N1CCNCC1)c1ccccc1C1(N)CC1. The zero-order valence-electron chi connectivity index (χ0n) is 12.1. The average Bonchev–Trinajstić information content (AvgIpc) is 3.26. The molecule has 1 aromatic rings. The quantitative estimate of drug-likeness (QED) is 0.869. The molecule has 4 heteroatoms. The van der Waals surface area contributed by atoms with E-state index in [0.29, 0.717) is 0 Å². The van der Waals surface area contributed by atoms with E-state index in [1.807, 2.05) is 24.0 Å². The lowest BCUT2D eigenvalue weighted by Gasteiger charge is -2.31. The maximum atomic E-state index is 12.7. The molecule has 3 N–H and O–H groups in total. The molecule has 0 bridgehead atoms. The molecule has 4 nitrogen and oxygen atoms in total. The van der Waals surface area contributed by atoms with Crippen molar-refractivity contribution >= 4 is 5.91 Å². The molecule has 1 aliphatic heterocycles. The fraction of sp³-hybridized carbons (Fsp3) is 0.562. The number of piperazine rings is 1. The minimum absolute atomic E-state index is 0.106. The van der Waals surface area contributed by atoms with E-state index in [4.69, 9.17) is 5.73 Å². The van der Waals surface area contributed by atoms with Crippen LogP contribution in [-0.4, -0.2) is 37.0 Å². The van der Waals surface area contributed by atoms with Crippen LogP contribution < -0.4 is 11.1 Å². The van der Waals surface area contributed by atoms with E-state index < -0.39 is 0 Å². The van der Waals surface area contributed by atoms with Crippen LogP contribution in [0.25, 0.3) is 0 Å². The second-order valence-electron chi connectivity index (χ2n) is 6.04. The molecule has 0 radical (unpaired) electrons. The van der Waals surface area contributed by atoms with Gasteiger partial charge in [-0.25, -0.2) is 0 Å². The Kier molecular flexibility index (Phi) is 3.52. The Morgan fingerprint density at radius 2 is 1.95 bits per heavy atom. The van der Waals surface area contributed by atoms with Crippen molar-refractivity contribution in [2.45, 2.75) is 31.2 Å². The minimum Gasteiger partial charge on any atom is -0.340 e. The second-order valence-corrected chi connectivity index (χ2v) is 6.04. The molecule has 1 saturated carbocycles. The van der Waals surface area contributed by atoms with Crippen molar-refractivity contribution in [1.29, 1.82) is 0 Å². The van der Waals surface area contributed by atoms with Crippen LogP contribution in [0.2, 0.25) is 0 Å². The van der Waals surface area contributed by atoms with Crippen LogP contribution >= 0.6 is 0 Å². The predicted molar refractivity (Wildman–Crippen MR) is 79.4 cm³/mol. The Morgan fingerprint density at radius 3 is 2.60 bits per heavy atom. The number of rotatable bonds is 3. The lowest BCUT2D eigenvalue weighted by atomic mass is 9.89. The zero-order chi connectivity index (χ0) is 14.2. The van der Waals surface area contributed by atoms with Gasteiger partial charge in [0.05, 0.1) is 5.92 Å². The molecule has 1 unspecified atom stereocenters. The fourth-order valence-electron chi connectivity index (χ4n) is 3.02. The minimum atomic E-state index is -0.186. The number of carbonyl (C=O) groups excluding carboxylic acids is 1. The Balaban J connectivity index is 1.83. The highest BCUT2D eigenvalue weighted by Gasteiger charge is 2.42. The van der Waals surface area contributed by atoms with Gasteiger partial charge < -0.3 is 16.0 Å². The standard InChI is InChI=1S/C16H23N3O/c1-12(15(20)19-10-8-18-9-11-19)13-4-2-3-5-14(13)16(17)6-7-16/h2-5,12,18H,6-11,17H2,1H3. The van der Waals surface area contributed by atoms with E-state index >= 15 is 0 Å². The molecule has 1 saturated heterocycles. The van der Waals surface area contributed by atoms with Crippen LogP contribution in [0.5, 0.6) is 0 Å². The molecular weight excluding hydrogens is 250 g/mol. The second kappa shape index (κ2) is 5.19. The van der Waals surface area contributed by atoms with E-state index in [-0.39, 0.29) is 17.4 Å². The van der Waals surface area contributed by atoms with E-state index in [0.717, 1.165) is 50.1 Å². The van der Waals surface area contributed by atoms with Gasteiger partial charge in [0, 0.05) is 31.7 Å². The van der Waals surface area contributed by atoms with Crippen molar-refractivity contribution < 1.29 is 4.79 Å². The highest BCUT2D eigenvalue weighted by molar-refractivity contribution is 5.84. The fourth-order valence-corrected chi connectivity index (χ4v) is 3.02. The van der Waals surface area contributed by atoms with Gasteiger partial charge in [0.1, 0.15) is 0 Å². The summed E-state index contributed by atoms with van der Waals surface area (Å²) in [7, 11) is 0. The summed E-state index contributed by atoms with van der Waals surface area (Å²) >= 11 is 0. The van der Waals surface area contributed by atoms with E-state index in [9.17, 15) is 4.79 Å². The molecule has 2 fully saturated rings. The third kappa shape index (κ3) is 2.45. The van der Waals surface area contributed by atoms with E-state index in [1.54, 1.807) is 0 Å². The van der Waals surface area contributed by atoms with Crippen molar-refractivity contribution in [3.8, 4) is 0 Å². The molecule has 1 amide bonds. The molecule has 1 atom stereocenters. The highest BCUT2D eigenvalue weighted by Crippen LogP contribution is 2.45. The first-order valence-electron chi connectivity index (χ1n) is 7.50. The number of benzene rings is 1. The van der Waals surface area contributed by atoms with Crippen LogP contribution in [0.4, 0.5) is 0 Å². The molecule has 2 aliphatic rings. The third-order valence-electron chi connectivity index (χ3n) is 4.55. The third-order valence-corrected chi connectivity index (χ3v) is 4.55. The highest BCUT2D eigenvalue weighted by atomic mass is 16.2. The molecule has 1 aromatic carbocycles. The number of nitrogens with two attached hydrogens (primary N) is 1. The summed E-state index contributed by atoms with van der Waals surface area (Å²) in [5, 5.41) is 3.28. The molecule has 3 rings (SSSR count). The maximum Gasteiger partial charge on any atom is 0.229 e. The molecule has 1 heterocycles. The zero-order valence-corrected chi connectivity index (χ0v) is 12.1. The molecule has 20 heavy (non-hydrogen) atoms. The van der Waals surface area contributed by atoms with Crippen molar-refractivity contribution in [3.63, 3.8) is 0 Å². The first-order valence-corrected chi connectivity index (χ1v) is 7.50. The molecule has 1 aliphatic carbocycles. The molecule has 0 aromatic heterocycles. The molecular formula is C16H23N3O. The van der Waals surface area contributed by atoms with Gasteiger partial charge in [-0.05, 0) is 30.9 Å². The van der Waals surface area contributed by atoms with E-state index in [1.165, 1.54) is 0 Å². The summed E-state index contributed by atoms with van der Waals surface area (Å²) in [4.78, 5) is 14.6. The van der Waals surface area contributed by atoms with Gasteiger partial charge >= 0.3 is 0 Å². The summed E-state index contributed by atoms with van der Waals surface area (Å²) < 4.78 is 0. The van der Waals surface area contributed by atoms with Crippen LogP contribution in [0.15, 0.2) is 24.3 Å². The Morgan fingerprint density at radius 1 is 1.30 bits per heavy atom. The summed E-state index contributed by atoms with van der Waals surface area (Å²) in [5.74, 6) is 0.119. The number of nitrogens with one attached hydrogen (secondary N) is 1. The number of carbonyl (C=O) groups is 1. The van der Waals surface area contributed by atoms with Crippen LogP contribution in [0.1, 0.15) is 36.8 Å². The number of nitrogens with zero attached hydrogens (tertiary/aromatic N) is 1.